The molecule has 7 nitrogen and oxygen atoms in total. The molecule has 0 bridgehead atoms. The average molecular weight is 294 g/mol. The monoisotopic (exact) mass is 293 g/mol. The maximum atomic E-state index is 11.7. The van der Waals surface area contributed by atoms with Crippen molar-refractivity contribution in [1.29, 1.82) is 0 Å². The van der Waals surface area contributed by atoms with E-state index < -0.39 is 33.4 Å². The highest BCUT2D eigenvalue weighted by molar-refractivity contribution is 7.89. The van der Waals surface area contributed by atoms with Crippen LogP contribution >= 0.6 is 11.6 Å². The van der Waals surface area contributed by atoms with Crippen LogP contribution in [0.5, 0.6) is 0 Å². The van der Waals surface area contributed by atoms with Crippen molar-refractivity contribution in [3.63, 3.8) is 0 Å². The predicted octanol–water partition coefficient (Wildman–Crippen LogP) is 0.401. The van der Waals surface area contributed by atoms with Gasteiger partial charge < -0.3 is 10.2 Å². The number of nitrogens with one attached hydrogen (secondary N) is 1. The molecular weight excluding hydrogens is 286 g/mol. The third-order valence-electron chi connectivity index (χ3n) is 1.88. The van der Waals surface area contributed by atoms with E-state index in [9.17, 15) is 18.0 Å². The van der Waals surface area contributed by atoms with Gasteiger partial charge in [-0.25, -0.2) is 13.2 Å². The largest absolute Gasteiger partial charge is 0.480 e. The molecule has 0 saturated carbocycles. The molecule has 0 amide bonds. The van der Waals surface area contributed by atoms with Gasteiger partial charge in [0.2, 0.25) is 10.0 Å². The van der Waals surface area contributed by atoms with Gasteiger partial charge in [-0.15, -0.1) is 0 Å². The summed E-state index contributed by atoms with van der Waals surface area (Å²) < 4.78 is 25.1. The number of hydrogen-bond acceptors (Lipinski definition) is 4. The second-order valence-corrected chi connectivity index (χ2v) is 5.31. The number of benzene rings is 1. The minimum Gasteiger partial charge on any atom is -0.480 e. The molecule has 3 N–H and O–H groups in total. The predicted molar refractivity (Wildman–Crippen MR) is 61.2 cm³/mol. The first-order valence-electron chi connectivity index (χ1n) is 4.48. The van der Waals surface area contributed by atoms with E-state index in [1.807, 2.05) is 0 Å². The molecule has 1 aromatic rings. The number of halogens is 1. The number of carboxylic acids is 2. The van der Waals surface area contributed by atoms with Crippen molar-refractivity contribution in [3.8, 4) is 0 Å². The fraction of sp³-hybridized carbons (Fsp3) is 0.111. The molecule has 9 heteroatoms. The second kappa shape index (κ2) is 5.34. The van der Waals surface area contributed by atoms with Crippen LogP contribution in [0, 0.1) is 0 Å². The molecule has 0 atom stereocenters. The van der Waals surface area contributed by atoms with Gasteiger partial charge in [0.05, 0.1) is 10.6 Å². The molecule has 0 radical (unpaired) electrons. The Morgan fingerprint density at radius 3 is 2.39 bits per heavy atom. The van der Waals surface area contributed by atoms with Gasteiger partial charge in [-0.2, -0.15) is 4.72 Å². The molecule has 0 unspecified atom stereocenters. The number of hydrogen-bond donors (Lipinski definition) is 3. The van der Waals surface area contributed by atoms with Gasteiger partial charge in [0.25, 0.3) is 0 Å². The molecule has 0 aromatic heterocycles. The molecule has 0 spiro atoms. The molecule has 0 saturated heterocycles. The first-order chi connectivity index (χ1) is 8.24. The summed E-state index contributed by atoms with van der Waals surface area (Å²) in [7, 11) is -4.17. The minimum absolute atomic E-state index is 0.196. The van der Waals surface area contributed by atoms with Gasteiger partial charge in [0.15, 0.2) is 0 Å². The summed E-state index contributed by atoms with van der Waals surface area (Å²) in [6.45, 7) is -0.823. The van der Waals surface area contributed by atoms with Crippen molar-refractivity contribution in [1.82, 2.24) is 4.72 Å². The third kappa shape index (κ3) is 3.42. The second-order valence-electron chi connectivity index (χ2n) is 3.17. The lowest BCUT2D eigenvalue weighted by atomic mass is 10.2. The molecular formula is C9H8ClNO6S. The number of carboxylic acid groups (broad SMARTS) is 2. The van der Waals surface area contributed by atoms with Crippen LogP contribution in [-0.4, -0.2) is 37.1 Å². The zero-order chi connectivity index (χ0) is 13.9. The number of sulfonamides is 1. The van der Waals surface area contributed by atoms with E-state index in [1.54, 1.807) is 4.72 Å². The lowest BCUT2D eigenvalue weighted by Crippen LogP contribution is -2.29. The minimum atomic E-state index is -4.17. The van der Waals surface area contributed by atoms with Gasteiger partial charge in [-0.3, -0.25) is 4.79 Å². The summed E-state index contributed by atoms with van der Waals surface area (Å²) in [5, 5.41) is 16.9. The van der Waals surface area contributed by atoms with Crippen LogP contribution in [0.2, 0.25) is 5.02 Å². The fourth-order valence-corrected chi connectivity index (χ4v) is 2.57. The van der Waals surface area contributed by atoms with Gasteiger partial charge in [-0.1, -0.05) is 11.6 Å². The first-order valence-corrected chi connectivity index (χ1v) is 6.34. The highest BCUT2D eigenvalue weighted by atomic mass is 35.5. The van der Waals surface area contributed by atoms with E-state index in [0.717, 1.165) is 18.2 Å². The summed E-state index contributed by atoms with van der Waals surface area (Å²) in [5.41, 5.74) is -0.268. The maximum Gasteiger partial charge on any atom is 0.335 e. The van der Waals surface area contributed by atoms with E-state index in [2.05, 4.69) is 0 Å². The number of carbonyl (C=O) groups is 2. The lowest BCUT2D eigenvalue weighted by molar-refractivity contribution is -0.135. The highest BCUT2D eigenvalue weighted by Crippen LogP contribution is 2.22. The Morgan fingerprint density at radius 2 is 1.89 bits per heavy atom. The van der Waals surface area contributed by atoms with Crippen LogP contribution in [0.1, 0.15) is 10.4 Å². The molecule has 0 fully saturated rings. The summed E-state index contributed by atoms with van der Waals surface area (Å²) in [5.74, 6) is -2.69. The Kier molecular flexibility index (Phi) is 4.28. The molecule has 0 aliphatic heterocycles. The Labute approximate surface area is 107 Å². The molecule has 18 heavy (non-hydrogen) atoms. The van der Waals surface area contributed by atoms with Gasteiger partial charge in [0, 0.05) is 0 Å². The summed E-state index contributed by atoms with van der Waals surface area (Å²) in [4.78, 5) is 20.5. The zero-order valence-corrected chi connectivity index (χ0v) is 10.3. The van der Waals surface area contributed by atoms with Crippen LogP contribution in [0.25, 0.3) is 0 Å². The van der Waals surface area contributed by atoms with E-state index in [4.69, 9.17) is 21.8 Å². The lowest BCUT2D eigenvalue weighted by Gasteiger charge is -2.07. The van der Waals surface area contributed by atoms with Crippen molar-refractivity contribution < 1.29 is 28.2 Å². The van der Waals surface area contributed by atoms with E-state index >= 15 is 0 Å². The topological polar surface area (TPSA) is 121 Å². The van der Waals surface area contributed by atoms with Gasteiger partial charge in [-0.05, 0) is 18.2 Å². The van der Waals surface area contributed by atoms with Crippen molar-refractivity contribution in [3.05, 3.63) is 28.8 Å². The number of aromatic carboxylic acids is 1. The SMILES string of the molecule is O=C(O)CNS(=O)(=O)c1cc(C(=O)O)ccc1Cl. The van der Waals surface area contributed by atoms with E-state index in [1.165, 1.54) is 0 Å². The van der Waals surface area contributed by atoms with Crippen molar-refractivity contribution in [2.24, 2.45) is 0 Å². The third-order valence-corrected chi connectivity index (χ3v) is 3.76. The quantitative estimate of drug-likeness (QED) is 0.722. The Balaban J connectivity index is 3.18. The molecule has 0 aliphatic rings. The Hall–Kier alpha value is -1.64. The maximum absolute atomic E-state index is 11.7. The summed E-state index contributed by atoms with van der Waals surface area (Å²) in [6, 6.07) is 3.11. The standard InChI is InChI=1S/C9H8ClNO6S/c10-6-2-1-5(9(14)15)3-7(6)18(16,17)11-4-8(12)13/h1-3,11H,4H2,(H,12,13)(H,14,15). The van der Waals surface area contributed by atoms with Crippen molar-refractivity contribution in [2.75, 3.05) is 6.54 Å². The number of rotatable bonds is 5. The zero-order valence-electron chi connectivity index (χ0n) is 8.75. The molecule has 0 heterocycles. The summed E-state index contributed by atoms with van der Waals surface area (Å²) >= 11 is 5.64. The van der Waals surface area contributed by atoms with Crippen LogP contribution in [0.15, 0.2) is 23.1 Å². The van der Waals surface area contributed by atoms with E-state index in [-0.39, 0.29) is 10.6 Å². The van der Waals surface area contributed by atoms with Crippen LogP contribution in [-0.2, 0) is 14.8 Å². The Bertz CT molecular complexity index is 597. The molecule has 1 aromatic carbocycles. The number of aliphatic carboxylic acids is 1. The smallest absolute Gasteiger partial charge is 0.335 e. The fourth-order valence-electron chi connectivity index (χ4n) is 1.08. The Morgan fingerprint density at radius 1 is 1.28 bits per heavy atom. The average Bonchev–Trinajstić information content (AvgIpc) is 2.26. The van der Waals surface area contributed by atoms with Crippen LogP contribution in [0.3, 0.4) is 0 Å². The van der Waals surface area contributed by atoms with E-state index in [0.29, 0.717) is 0 Å². The highest BCUT2D eigenvalue weighted by Gasteiger charge is 2.20. The molecule has 1 rings (SSSR count). The van der Waals surface area contributed by atoms with Gasteiger partial charge >= 0.3 is 11.9 Å². The van der Waals surface area contributed by atoms with Crippen molar-refractivity contribution >= 4 is 33.6 Å². The molecule has 98 valence electrons. The summed E-state index contributed by atoms with van der Waals surface area (Å²) in [6.07, 6.45) is 0. The molecule has 0 aliphatic carbocycles. The first kappa shape index (κ1) is 14.4. The van der Waals surface area contributed by atoms with Crippen LogP contribution in [0.4, 0.5) is 0 Å². The van der Waals surface area contributed by atoms with Crippen LogP contribution < -0.4 is 4.72 Å². The van der Waals surface area contributed by atoms with Crippen molar-refractivity contribution in [2.45, 2.75) is 4.90 Å². The normalized spacial score (nSPS) is 11.2. The van der Waals surface area contributed by atoms with Gasteiger partial charge in [0.1, 0.15) is 11.4 Å².